The van der Waals surface area contributed by atoms with E-state index in [0.717, 1.165) is 27.2 Å². The lowest BCUT2D eigenvalue weighted by Crippen LogP contribution is -2.40. The van der Waals surface area contributed by atoms with Crippen molar-refractivity contribution in [2.45, 2.75) is 18.9 Å². The van der Waals surface area contributed by atoms with Crippen molar-refractivity contribution in [2.75, 3.05) is 19.0 Å². The Bertz CT molecular complexity index is 1230. The number of anilines is 1. The Balaban J connectivity index is 1.46. The number of rotatable bonds is 6. The molecular weight excluding hydrogens is 500 g/mol. The average Bonchev–Trinajstić information content (AvgIpc) is 3.14. The van der Waals surface area contributed by atoms with E-state index in [4.69, 9.17) is 4.74 Å². The molecule has 3 aromatic rings. The maximum absolute atomic E-state index is 12.7. The molecule has 2 amide bonds. The predicted molar refractivity (Wildman–Crippen MR) is 132 cm³/mol. The van der Waals surface area contributed by atoms with Crippen LogP contribution in [0, 0.1) is 0 Å². The van der Waals surface area contributed by atoms with Gasteiger partial charge < -0.3 is 14.7 Å². The number of carbonyl (C=O) groups excluding carboxylic acids is 2. The molecule has 0 bridgehead atoms. The Labute approximate surface area is 205 Å². The Kier molecular flexibility index (Phi) is 6.70. The molecule has 0 aromatic heterocycles. The number of halogens is 1. The van der Waals surface area contributed by atoms with Crippen LogP contribution in [0.1, 0.15) is 34.3 Å². The third kappa shape index (κ3) is 4.68. The summed E-state index contributed by atoms with van der Waals surface area (Å²) in [7, 11) is 1.42. The van der Waals surface area contributed by atoms with Crippen molar-refractivity contribution in [3.8, 4) is 11.1 Å². The number of carbonyl (C=O) groups is 3. The van der Waals surface area contributed by atoms with Gasteiger partial charge in [0.1, 0.15) is 12.6 Å². The number of hydrogen-bond donors (Lipinski definition) is 2. The van der Waals surface area contributed by atoms with Crippen LogP contribution >= 0.6 is 15.9 Å². The van der Waals surface area contributed by atoms with E-state index in [1.54, 1.807) is 12.1 Å². The van der Waals surface area contributed by atoms with Gasteiger partial charge in [0.05, 0.1) is 0 Å². The summed E-state index contributed by atoms with van der Waals surface area (Å²) in [4.78, 5) is 37.6. The van der Waals surface area contributed by atoms with Gasteiger partial charge in [0.2, 0.25) is 0 Å². The second-order valence-electron chi connectivity index (χ2n) is 8.11. The molecule has 1 atom stereocenters. The van der Waals surface area contributed by atoms with Crippen LogP contribution in [0.4, 0.5) is 10.5 Å². The number of aliphatic carboxylic acids is 1. The molecule has 8 heteroatoms. The van der Waals surface area contributed by atoms with Gasteiger partial charge in [-0.15, -0.1) is 0 Å². The minimum Gasteiger partial charge on any atom is -0.480 e. The average molecular weight is 523 g/mol. The molecule has 34 heavy (non-hydrogen) atoms. The standard InChI is InChI=1S/C26H23BrN2O5/c1-15(25(31)32)29(2)24(30)16-11-17(27)13-18(12-16)28-26(33)34-14-23-21-9-5-3-7-19(21)20-8-4-6-10-22(20)23/h3-13,15,23H,14H2,1-2H3,(H,28,33)(H,31,32)/t15-/m0/s1. The molecule has 0 saturated carbocycles. The van der Waals surface area contributed by atoms with Gasteiger partial charge >= 0.3 is 12.1 Å². The number of fused-ring (bicyclic) bond motifs is 3. The van der Waals surface area contributed by atoms with Crippen LogP contribution in [-0.2, 0) is 9.53 Å². The molecule has 174 valence electrons. The molecule has 0 radical (unpaired) electrons. The molecule has 0 fully saturated rings. The van der Waals surface area contributed by atoms with E-state index in [1.165, 1.54) is 20.0 Å². The van der Waals surface area contributed by atoms with E-state index in [-0.39, 0.29) is 18.1 Å². The summed E-state index contributed by atoms with van der Waals surface area (Å²) in [6.45, 7) is 1.59. The highest BCUT2D eigenvalue weighted by Crippen LogP contribution is 2.44. The number of carboxylic acids is 1. The first kappa shape index (κ1) is 23.5. The quantitative estimate of drug-likeness (QED) is 0.454. The Morgan fingerprint density at radius 3 is 2.21 bits per heavy atom. The molecule has 0 unspecified atom stereocenters. The first-order valence-corrected chi connectivity index (χ1v) is 11.5. The van der Waals surface area contributed by atoms with Gasteiger partial charge in [-0.25, -0.2) is 9.59 Å². The van der Waals surface area contributed by atoms with Crippen LogP contribution in [-0.4, -0.2) is 47.7 Å². The third-order valence-corrected chi connectivity index (χ3v) is 6.45. The number of ether oxygens (including phenoxy) is 1. The SMILES string of the molecule is C[C@@H](C(=O)O)N(C)C(=O)c1cc(Br)cc(NC(=O)OCC2c3ccccc3-c3ccccc32)c1. The summed E-state index contributed by atoms with van der Waals surface area (Å²) < 4.78 is 6.12. The normalized spacial score (nSPS) is 12.9. The van der Waals surface area contributed by atoms with Gasteiger partial charge in [0.15, 0.2) is 0 Å². The van der Waals surface area contributed by atoms with Gasteiger partial charge in [-0.2, -0.15) is 0 Å². The van der Waals surface area contributed by atoms with Gasteiger partial charge in [-0.3, -0.25) is 10.1 Å². The minimum absolute atomic E-state index is 0.0658. The summed E-state index contributed by atoms with van der Waals surface area (Å²) in [5.74, 6) is -1.65. The van der Waals surface area contributed by atoms with E-state index < -0.39 is 24.0 Å². The summed E-state index contributed by atoms with van der Waals surface area (Å²) in [6.07, 6.45) is -0.648. The van der Waals surface area contributed by atoms with Crippen molar-refractivity contribution < 1.29 is 24.2 Å². The molecule has 0 aliphatic heterocycles. The number of likely N-dealkylation sites (N-methyl/N-ethyl adjacent to an activating group) is 1. The fraction of sp³-hybridized carbons (Fsp3) is 0.192. The molecule has 4 rings (SSSR count). The predicted octanol–water partition coefficient (Wildman–Crippen LogP) is 5.36. The number of amides is 2. The van der Waals surface area contributed by atoms with Gasteiger partial charge in [0.25, 0.3) is 5.91 Å². The Hall–Kier alpha value is -3.65. The van der Waals surface area contributed by atoms with Crippen LogP contribution in [0.2, 0.25) is 0 Å². The van der Waals surface area contributed by atoms with Gasteiger partial charge in [-0.1, -0.05) is 64.5 Å². The lowest BCUT2D eigenvalue weighted by Gasteiger charge is -2.22. The van der Waals surface area contributed by atoms with Crippen molar-refractivity contribution in [2.24, 2.45) is 0 Å². The molecular formula is C26H23BrN2O5. The largest absolute Gasteiger partial charge is 0.480 e. The maximum atomic E-state index is 12.7. The number of carboxylic acid groups (broad SMARTS) is 1. The zero-order valence-corrected chi connectivity index (χ0v) is 20.2. The maximum Gasteiger partial charge on any atom is 0.411 e. The lowest BCUT2D eigenvalue weighted by atomic mass is 9.98. The second-order valence-corrected chi connectivity index (χ2v) is 9.03. The Morgan fingerprint density at radius 1 is 1.03 bits per heavy atom. The van der Waals surface area contributed by atoms with E-state index in [2.05, 4.69) is 33.4 Å². The van der Waals surface area contributed by atoms with E-state index >= 15 is 0 Å². The van der Waals surface area contributed by atoms with Crippen molar-refractivity contribution in [3.63, 3.8) is 0 Å². The first-order valence-electron chi connectivity index (χ1n) is 10.7. The lowest BCUT2D eigenvalue weighted by molar-refractivity contribution is -0.141. The van der Waals surface area contributed by atoms with Crippen LogP contribution < -0.4 is 5.32 Å². The summed E-state index contributed by atoms with van der Waals surface area (Å²) in [5.41, 5.74) is 5.10. The van der Waals surface area contributed by atoms with Gasteiger partial charge in [0, 0.05) is 28.7 Å². The van der Waals surface area contributed by atoms with Crippen molar-refractivity contribution in [3.05, 3.63) is 87.9 Å². The molecule has 0 saturated heterocycles. The molecule has 7 nitrogen and oxygen atoms in total. The molecule has 1 aliphatic carbocycles. The number of benzene rings is 3. The second kappa shape index (κ2) is 9.69. The topological polar surface area (TPSA) is 95.9 Å². The first-order chi connectivity index (χ1) is 16.3. The Morgan fingerprint density at radius 2 is 1.62 bits per heavy atom. The minimum atomic E-state index is -1.11. The van der Waals surface area contributed by atoms with Gasteiger partial charge in [-0.05, 0) is 47.4 Å². The highest BCUT2D eigenvalue weighted by molar-refractivity contribution is 9.10. The number of nitrogens with zero attached hydrogens (tertiary/aromatic N) is 1. The van der Waals surface area contributed by atoms with E-state index in [1.807, 2.05) is 36.4 Å². The van der Waals surface area contributed by atoms with Crippen molar-refractivity contribution >= 4 is 39.6 Å². The van der Waals surface area contributed by atoms with E-state index in [9.17, 15) is 19.5 Å². The van der Waals surface area contributed by atoms with Crippen LogP contribution in [0.5, 0.6) is 0 Å². The number of nitrogens with one attached hydrogen (secondary N) is 1. The van der Waals surface area contributed by atoms with Crippen molar-refractivity contribution in [1.29, 1.82) is 0 Å². The zero-order valence-electron chi connectivity index (χ0n) is 18.6. The van der Waals surface area contributed by atoms with Crippen LogP contribution in [0.15, 0.2) is 71.2 Å². The summed E-state index contributed by atoms with van der Waals surface area (Å²) in [5, 5.41) is 11.8. The fourth-order valence-corrected chi connectivity index (χ4v) is 4.58. The summed E-state index contributed by atoms with van der Waals surface area (Å²) >= 11 is 3.34. The molecule has 2 N–H and O–H groups in total. The number of hydrogen-bond acceptors (Lipinski definition) is 4. The van der Waals surface area contributed by atoms with E-state index in [0.29, 0.717) is 10.2 Å². The molecule has 3 aromatic carbocycles. The highest BCUT2D eigenvalue weighted by atomic mass is 79.9. The molecule has 0 heterocycles. The van der Waals surface area contributed by atoms with Crippen molar-refractivity contribution in [1.82, 2.24) is 4.90 Å². The van der Waals surface area contributed by atoms with Crippen LogP contribution in [0.3, 0.4) is 0 Å². The molecule has 0 spiro atoms. The summed E-state index contributed by atoms with van der Waals surface area (Å²) in [6, 6.07) is 19.8. The third-order valence-electron chi connectivity index (χ3n) is 5.99. The monoisotopic (exact) mass is 522 g/mol. The highest BCUT2D eigenvalue weighted by Gasteiger charge is 2.29. The fourth-order valence-electron chi connectivity index (χ4n) is 4.08. The smallest absolute Gasteiger partial charge is 0.411 e. The zero-order chi connectivity index (χ0) is 24.4. The van der Waals surface area contributed by atoms with Crippen LogP contribution in [0.25, 0.3) is 11.1 Å². The molecule has 1 aliphatic rings.